The van der Waals surface area contributed by atoms with Crippen molar-refractivity contribution in [2.75, 3.05) is 0 Å². The van der Waals surface area contributed by atoms with Crippen molar-refractivity contribution in [3.05, 3.63) is 29.6 Å². The average Bonchev–Trinajstić information content (AvgIpc) is 2.69. The number of fused-ring (bicyclic) bond motifs is 1. The van der Waals surface area contributed by atoms with Gasteiger partial charge < -0.3 is 15.8 Å². The molecular weight excluding hydrogens is 251 g/mol. The highest BCUT2D eigenvalue weighted by atomic mass is 19.4. The van der Waals surface area contributed by atoms with Gasteiger partial charge in [-0.3, -0.25) is 4.79 Å². The minimum absolute atomic E-state index is 0.0940. The highest BCUT2D eigenvalue weighted by Gasteiger charge is 2.34. The molecule has 0 aliphatic rings. The van der Waals surface area contributed by atoms with E-state index in [0.717, 1.165) is 0 Å². The second-order valence-electron chi connectivity index (χ2n) is 3.68. The summed E-state index contributed by atoms with van der Waals surface area (Å²) in [5.41, 5.74) is 5.76. The second-order valence-corrected chi connectivity index (χ2v) is 3.68. The van der Waals surface area contributed by atoms with Crippen LogP contribution in [0.25, 0.3) is 11.0 Å². The number of carbonyl (C=O) groups is 1. The summed E-state index contributed by atoms with van der Waals surface area (Å²) in [5.74, 6) is -2.39. The summed E-state index contributed by atoms with van der Waals surface area (Å²) >= 11 is 0. The third-order valence-electron chi connectivity index (χ3n) is 2.40. The third kappa shape index (κ3) is 2.14. The molecule has 1 aromatic heterocycles. The van der Waals surface area contributed by atoms with Crippen molar-refractivity contribution in [1.82, 2.24) is 9.97 Å². The van der Waals surface area contributed by atoms with E-state index in [1.54, 1.807) is 0 Å². The van der Waals surface area contributed by atoms with Gasteiger partial charge in [-0.2, -0.15) is 13.2 Å². The van der Waals surface area contributed by atoms with E-state index in [0.29, 0.717) is 0 Å². The maximum Gasteiger partial charge on any atom is 0.449 e. The van der Waals surface area contributed by atoms with Crippen molar-refractivity contribution in [2.24, 2.45) is 5.73 Å². The summed E-state index contributed by atoms with van der Waals surface area (Å²) in [6.45, 7) is 0. The lowest BCUT2D eigenvalue weighted by atomic mass is 10.1. The lowest BCUT2D eigenvalue weighted by Crippen LogP contribution is -2.20. The molecule has 1 aromatic carbocycles. The van der Waals surface area contributed by atoms with Crippen LogP contribution < -0.4 is 5.73 Å². The molecule has 0 saturated heterocycles. The topological polar surface area (TPSA) is 92.0 Å². The number of hydrogen-bond acceptors (Lipinski definition) is 3. The molecule has 1 atom stereocenters. The molecule has 0 radical (unpaired) electrons. The first-order chi connectivity index (χ1) is 8.29. The lowest BCUT2D eigenvalue weighted by molar-refractivity contribution is -0.144. The van der Waals surface area contributed by atoms with Crippen LogP contribution in [0.3, 0.4) is 0 Å². The molecule has 0 spiro atoms. The van der Waals surface area contributed by atoms with Gasteiger partial charge in [0.2, 0.25) is 5.82 Å². The van der Waals surface area contributed by atoms with Gasteiger partial charge in [-0.05, 0) is 17.7 Å². The molecular formula is C10H8F3N3O2. The number of aliphatic carboxylic acids is 1. The summed E-state index contributed by atoms with van der Waals surface area (Å²) in [4.78, 5) is 16.1. The second kappa shape index (κ2) is 3.98. The van der Waals surface area contributed by atoms with Crippen LogP contribution >= 0.6 is 0 Å². The molecule has 96 valence electrons. The average molecular weight is 259 g/mol. The molecule has 1 heterocycles. The summed E-state index contributed by atoms with van der Waals surface area (Å²) in [6, 6.07) is 2.59. The van der Waals surface area contributed by atoms with Crippen molar-refractivity contribution in [3.8, 4) is 0 Å². The number of H-pyrrole nitrogens is 1. The van der Waals surface area contributed by atoms with Crippen molar-refractivity contribution in [3.63, 3.8) is 0 Å². The van der Waals surface area contributed by atoms with Gasteiger partial charge in [-0.1, -0.05) is 6.07 Å². The summed E-state index contributed by atoms with van der Waals surface area (Å²) in [7, 11) is 0. The summed E-state index contributed by atoms with van der Waals surface area (Å²) < 4.78 is 37.2. The van der Waals surface area contributed by atoms with Gasteiger partial charge >= 0.3 is 12.1 Å². The first-order valence-electron chi connectivity index (χ1n) is 4.84. The SMILES string of the molecule is NC(C(=O)O)c1ccc2nc(C(F)(F)F)[nH]c2c1. The first-order valence-corrected chi connectivity index (χ1v) is 4.84. The molecule has 0 fully saturated rings. The van der Waals surface area contributed by atoms with Crippen LogP contribution in [0, 0.1) is 0 Å². The van der Waals surface area contributed by atoms with Crippen molar-refractivity contribution in [2.45, 2.75) is 12.2 Å². The number of alkyl halides is 3. The molecule has 18 heavy (non-hydrogen) atoms. The Balaban J connectivity index is 2.49. The first kappa shape index (κ1) is 12.4. The largest absolute Gasteiger partial charge is 0.480 e. The molecule has 8 heteroatoms. The number of nitrogens with one attached hydrogen (secondary N) is 1. The molecule has 0 aliphatic carbocycles. The number of carboxylic acid groups (broad SMARTS) is 1. The van der Waals surface area contributed by atoms with Gasteiger partial charge in [0.1, 0.15) is 6.04 Å². The van der Waals surface area contributed by atoms with Gasteiger partial charge in [0.25, 0.3) is 0 Å². The Kier molecular flexibility index (Phi) is 2.74. The zero-order chi connectivity index (χ0) is 13.5. The maximum atomic E-state index is 12.4. The van der Waals surface area contributed by atoms with Gasteiger partial charge in [0.05, 0.1) is 11.0 Å². The van der Waals surface area contributed by atoms with E-state index in [2.05, 4.69) is 9.97 Å². The standard InChI is InChI=1S/C10H8F3N3O2/c11-10(12,13)9-15-5-2-1-4(3-6(5)16-9)7(14)8(17)18/h1-3,7H,14H2,(H,15,16)(H,17,18). The predicted octanol–water partition coefficient (Wildman–Crippen LogP) is 1.67. The number of carboxylic acids is 1. The number of nitrogens with two attached hydrogens (primary N) is 1. The van der Waals surface area contributed by atoms with Crippen LogP contribution in [-0.2, 0) is 11.0 Å². The Labute approximate surface area is 98.4 Å². The fourth-order valence-electron chi connectivity index (χ4n) is 1.50. The number of benzene rings is 1. The predicted molar refractivity (Wildman–Crippen MR) is 55.7 cm³/mol. The number of aromatic nitrogens is 2. The minimum Gasteiger partial charge on any atom is -0.480 e. The van der Waals surface area contributed by atoms with E-state index in [9.17, 15) is 18.0 Å². The Morgan fingerprint density at radius 3 is 2.67 bits per heavy atom. The van der Waals surface area contributed by atoms with Crippen molar-refractivity contribution < 1.29 is 23.1 Å². The zero-order valence-electron chi connectivity index (χ0n) is 8.82. The summed E-state index contributed by atoms with van der Waals surface area (Å²) in [6.07, 6.45) is -4.58. The van der Waals surface area contributed by atoms with Crippen LogP contribution in [0.2, 0.25) is 0 Å². The highest BCUT2D eigenvalue weighted by molar-refractivity contribution is 5.80. The molecule has 2 aromatic rings. The van der Waals surface area contributed by atoms with Crippen LogP contribution in [0.5, 0.6) is 0 Å². The Morgan fingerprint density at radius 2 is 2.11 bits per heavy atom. The van der Waals surface area contributed by atoms with Gasteiger partial charge in [0, 0.05) is 0 Å². The molecule has 0 aliphatic heterocycles. The van der Waals surface area contributed by atoms with E-state index >= 15 is 0 Å². The van der Waals surface area contributed by atoms with E-state index in [4.69, 9.17) is 10.8 Å². The third-order valence-corrected chi connectivity index (χ3v) is 2.40. The van der Waals surface area contributed by atoms with E-state index in [-0.39, 0.29) is 16.6 Å². The Morgan fingerprint density at radius 1 is 1.44 bits per heavy atom. The monoisotopic (exact) mass is 259 g/mol. The Hall–Kier alpha value is -2.09. The normalized spacial score (nSPS) is 13.8. The van der Waals surface area contributed by atoms with Crippen LogP contribution in [0.4, 0.5) is 13.2 Å². The lowest BCUT2D eigenvalue weighted by Gasteiger charge is -2.05. The van der Waals surface area contributed by atoms with Gasteiger partial charge in [-0.15, -0.1) is 0 Å². The number of imidazole rings is 1. The van der Waals surface area contributed by atoms with Crippen molar-refractivity contribution in [1.29, 1.82) is 0 Å². The molecule has 0 bridgehead atoms. The van der Waals surface area contributed by atoms with E-state index < -0.39 is 24.0 Å². The quantitative estimate of drug-likeness (QED) is 0.764. The van der Waals surface area contributed by atoms with Crippen LogP contribution in [0.1, 0.15) is 17.4 Å². The fourth-order valence-corrected chi connectivity index (χ4v) is 1.50. The molecule has 0 saturated carbocycles. The molecule has 0 amide bonds. The highest BCUT2D eigenvalue weighted by Crippen LogP contribution is 2.29. The van der Waals surface area contributed by atoms with Crippen LogP contribution in [0.15, 0.2) is 18.2 Å². The zero-order valence-corrected chi connectivity index (χ0v) is 8.82. The fraction of sp³-hybridized carbons (Fsp3) is 0.200. The number of aromatic amines is 1. The maximum absolute atomic E-state index is 12.4. The molecule has 4 N–H and O–H groups in total. The van der Waals surface area contributed by atoms with Crippen LogP contribution in [-0.4, -0.2) is 21.0 Å². The number of hydrogen-bond donors (Lipinski definition) is 3. The number of halogens is 3. The van der Waals surface area contributed by atoms with Gasteiger partial charge in [-0.25, -0.2) is 4.98 Å². The van der Waals surface area contributed by atoms with Gasteiger partial charge in [0.15, 0.2) is 0 Å². The minimum atomic E-state index is -4.58. The number of rotatable bonds is 2. The summed E-state index contributed by atoms with van der Waals surface area (Å²) in [5, 5.41) is 8.71. The molecule has 2 rings (SSSR count). The smallest absolute Gasteiger partial charge is 0.449 e. The van der Waals surface area contributed by atoms with E-state index in [1.165, 1.54) is 18.2 Å². The molecule has 5 nitrogen and oxygen atoms in total. The number of nitrogens with zero attached hydrogens (tertiary/aromatic N) is 1. The van der Waals surface area contributed by atoms with Crippen molar-refractivity contribution >= 4 is 17.0 Å². The molecule has 1 unspecified atom stereocenters. The van der Waals surface area contributed by atoms with E-state index in [1.807, 2.05) is 0 Å². The Bertz CT molecular complexity index is 606.